The standard InChI is InChI=1S/C14H18N2O6S/c1-8(2)15-13(17)7-16-14(18)9-5-10(21-3)11(22-4)6-12(9)23(16,19)20/h5-6,8H,7H2,1-4H3,(H,15,17). The van der Waals surface area contributed by atoms with E-state index in [0.717, 1.165) is 0 Å². The summed E-state index contributed by atoms with van der Waals surface area (Å²) in [7, 11) is -1.35. The van der Waals surface area contributed by atoms with Crippen molar-refractivity contribution < 1.29 is 27.5 Å². The van der Waals surface area contributed by atoms with Crippen molar-refractivity contribution in [2.45, 2.75) is 24.8 Å². The number of nitrogens with one attached hydrogen (secondary N) is 1. The van der Waals surface area contributed by atoms with Gasteiger partial charge >= 0.3 is 0 Å². The molecule has 23 heavy (non-hydrogen) atoms. The Morgan fingerprint density at radius 3 is 2.30 bits per heavy atom. The van der Waals surface area contributed by atoms with Gasteiger partial charge in [-0.1, -0.05) is 0 Å². The van der Waals surface area contributed by atoms with Crippen molar-refractivity contribution in [3.05, 3.63) is 17.7 Å². The lowest BCUT2D eigenvalue weighted by Crippen LogP contribution is -2.42. The van der Waals surface area contributed by atoms with Gasteiger partial charge in [-0.25, -0.2) is 12.7 Å². The van der Waals surface area contributed by atoms with Gasteiger partial charge in [-0.2, -0.15) is 0 Å². The molecule has 0 aromatic heterocycles. The van der Waals surface area contributed by atoms with Gasteiger partial charge in [0, 0.05) is 12.1 Å². The number of hydrogen-bond acceptors (Lipinski definition) is 6. The number of benzene rings is 1. The molecule has 2 amide bonds. The smallest absolute Gasteiger partial charge is 0.269 e. The first kappa shape index (κ1) is 17.1. The highest BCUT2D eigenvalue weighted by Crippen LogP contribution is 2.38. The molecule has 9 heteroatoms. The fourth-order valence-electron chi connectivity index (χ4n) is 2.26. The van der Waals surface area contributed by atoms with Crippen LogP contribution in [0.1, 0.15) is 24.2 Å². The average Bonchev–Trinajstić information content (AvgIpc) is 2.66. The van der Waals surface area contributed by atoms with Crippen molar-refractivity contribution in [2.24, 2.45) is 0 Å². The first-order chi connectivity index (χ1) is 10.7. The Labute approximate surface area is 134 Å². The molecule has 0 radical (unpaired) electrons. The van der Waals surface area contributed by atoms with Crippen molar-refractivity contribution in [1.82, 2.24) is 9.62 Å². The van der Waals surface area contributed by atoms with Gasteiger partial charge in [0.05, 0.1) is 19.8 Å². The molecule has 0 aliphatic carbocycles. The van der Waals surface area contributed by atoms with E-state index in [1.807, 2.05) is 0 Å². The van der Waals surface area contributed by atoms with Crippen molar-refractivity contribution in [1.29, 1.82) is 0 Å². The van der Waals surface area contributed by atoms with Crippen LogP contribution in [0.2, 0.25) is 0 Å². The SMILES string of the molecule is COc1cc2c(cc1OC)S(=O)(=O)N(CC(=O)NC(C)C)C2=O. The van der Waals surface area contributed by atoms with Crippen LogP contribution < -0.4 is 14.8 Å². The van der Waals surface area contributed by atoms with E-state index in [2.05, 4.69) is 5.32 Å². The topological polar surface area (TPSA) is 102 Å². The van der Waals surface area contributed by atoms with E-state index < -0.39 is 28.4 Å². The summed E-state index contributed by atoms with van der Waals surface area (Å²) >= 11 is 0. The Hall–Kier alpha value is -2.29. The van der Waals surface area contributed by atoms with E-state index in [9.17, 15) is 18.0 Å². The summed E-state index contributed by atoms with van der Waals surface area (Å²) < 4.78 is 35.7. The second-order valence-corrected chi connectivity index (χ2v) is 7.07. The highest BCUT2D eigenvalue weighted by atomic mass is 32.2. The Kier molecular flexibility index (Phi) is 4.51. The van der Waals surface area contributed by atoms with Crippen molar-refractivity contribution in [3.63, 3.8) is 0 Å². The number of amides is 2. The molecule has 0 fully saturated rings. The van der Waals surface area contributed by atoms with Crippen LogP contribution in [0.5, 0.6) is 11.5 Å². The first-order valence-electron chi connectivity index (χ1n) is 6.84. The second-order valence-electron chi connectivity index (χ2n) is 5.24. The van der Waals surface area contributed by atoms with E-state index >= 15 is 0 Å². The zero-order valence-corrected chi connectivity index (χ0v) is 14.1. The van der Waals surface area contributed by atoms with Gasteiger partial charge in [0.15, 0.2) is 11.5 Å². The number of hydrogen-bond donors (Lipinski definition) is 1. The summed E-state index contributed by atoms with van der Waals surface area (Å²) in [5.41, 5.74) is -0.0417. The normalized spacial score (nSPS) is 15.5. The molecule has 0 bridgehead atoms. The molecule has 2 rings (SSSR count). The third kappa shape index (κ3) is 2.96. The zero-order valence-electron chi connectivity index (χ0n) is 13.2. The Bertz CT molecular complexity index is 757. The van der Waals surface area contributed by atoms with Crippen LogP contribution in [0, 0.1) is 0 Å². The van der Waals surface area contributed by atoms with Gasteiger partial charge in [0.25, 0.3) is 15.9 Å². The number of carbonyl (C=O) groups excluding carboxylic acids is 2. The molecule has 1 heterocycles. The minimum absolute atomic E-state index is 0.0417. The van der Waals surface area contributed by atoms with Crippen LogP contribution >= 0.6 is 0 Å². The maximum Gasteiger partial charge on any atom is 0.269 e. The molecular formula is C14H18N2O6S. The van der Waals surface area contributed by atoms with Gasteiger partial charge in [-0.05, 0) is 19.9 Å². The van der Waals surface area contributed by atoms with E-state index in [1.165, 1.54) is 26.4 Å². The fourth-order valence-corrected chi connectivity index (χ4v) is 3.78. The van der Waals surface area contributed by atoms with Gasteiger partial charge < -0.3 is 14.8 Å². The van der Waals surface area contributed by atoms with Gasteiger partial charge in [0.2, 0.25) is 5.91 Å². The third-order valence-corrected chi connectivity index (χ3v) is 5.02. The molecule has 0 saturated heterocycles. The quantitative estimate of drug-likeness (QED) is 0.830. The minimum atomic E-state index is -4.10. The van der Waals surface area contributed by atoms with E-state index in [4.69, 9.17) is 9.47 Å². The molecule has 0 unspecified atom stereocenters. The number of sulfonamides is 1. The highest BCUT2D eigenvalue weighted by molar-refractivity contribution is 7.90. The van der Waals surface area contributed by atoms with Crippen molar-refractivity contribution in [3.8, 4) is 11.5 Å². The van der Waals surface area contributed by atoms with Gasteiger partial charge in [-0.15, -0.1) is 0 Å². The molecule has 1 aromatic carbocycles. The molecule has 126 valence electrons. The van der Waals surface area contributed by atoms with Crippen LogP contribution in [0.25, 0.3) is 0 Å². The Morgan fingerprint density at radius 2 is 1.78 bits per heavy atom. The molecule has 1 aliphatic rings. The predicted octanol–water partition coefficient (Wildman–Crippen LogP) is 0.373. The summed E-state index contributed by atoms with van der Waals surface area (Å²) in [5, 5.41) is 2.55. The van der Waals surface area contributed by atoms with Crippen LogP contribution in [-0.4, -0.2) is 51.3 Å². The average molecular weight is 342 g/mol. The van der Waals surface area contributed by atoms with Crippen molar-refractivity contribution >= 4 is 21.8 Å². The molecule has 1 aliphatic heterocycles. The van der Waals surface area contributed by atoms with Gasteiger partial charge in [-0.3, -0.25) is 9.59 Å². The molecule has 8 nitrogen and oxygen atoms in total. The monoisotopic (exact) mass is 342 g/mol. The summed E-state index contributed by atoms with van der Waals surface area (Å²) in [6.07, 6.45) is 0. The number of fused-ring (bicyclic) bond motifs is 1. The second kappa shape index (κ2) is 6.07. The Balaban J connectivity index is 2.44. The number of rotatable bonds is 5. The first-order valence-corrected chi connectivity index (χ1v) is 8.28. The van der Waals surface area contributed by atoms with E-state index in [0.29, 0.717) is 4.31 Å². The van der Waals surface area contributed by atoms with Gasteiger partial charge in [0.1, 0.15) is 11.4 Å². The lowest BCUT2D eigenvalue weighted by atomic mass is 10.2. The van der Waals surface area contributed by atoms with E-state index in [-0.39, 0.29) is 28.0 Å². The zero-order chi connectivity index (χ0) is 17.4. The third-order valence-electron chi connectivity index (χ3n) is 3.25. The minimum Gasteiger partial charge on any atom is -0.493 e. The lowest BCUT2D eigenvalue weighted by Gasteiger charge is -2.16. The molecule has 0 atom stereocenters. The van der Waals surface area contributed by atoms with Crippen LogP contribution in [0.15, 0.2) is 17.0 Å². The number of ether oxygens (including phenoxy) is 2. The lowest BCUT2D eigenvalue weighted by molar-refractivity contribution is -0.121. The number of nitrogens with zero attached hydrogens (tertiary/aromatic N) is 1. The maximum absolute atomic E-state index is 12.5. The summed E-state index contributed by atoms with van der Waals surface area (Å²) in [5.74, 6) is -0.886. The molecule has 0 spiro atoms. The van der Waals surface area contributed by atoms with E-state index in [1.54, 1.807) is 13.8 Å². The maximum atomic E-state index is 12.5. The molecule has 1 aromatic rings. The van der Waals surface area contributed by atoms with Crippen LogP contribution in [0.3, 0.4) is 0 Å². The fraction of sp³-hybridized carbons (Fsp3) is 0.429. The predicted molar refractivity (Wildman–Crippen MR) is 81.0 cm³/mol. The summed E-state index contributed by atoms with van der Waals surface area (Å²) in [6, 6.07) is 2.36. The largest absolute Gasteiger partial charge is 0.493 e. The Morgan fingerprint density at radius 1 is 1.22 bits per heavy atom. The number of methoxy groups -OCH3 is 2. The molecule has 1 N–H and O–H groups in total. The van der Waals surface area contributed by atoms with Crippen LogP contribution in [0.4, 0.5) is 0 Å². The highest BCUT2D eigenvalue weighted by Gasteiger charge is 2.43. The molecular weight excluding hydrogens is 324 g/mol. The van der Waals surface area contributed by atoms with Crippen molar-refractivity contribution in [2.75, 3.05) is 20.8 Å². The van der Waals surface area contributed by atoms with Crippen LogP contribution in [-0.2, 0) is 14.8 Å². The molecule has 0 saturated carbocycles. The summed E-state index contributed by atoms with van der Waals surface area (Å²) in [4.78, 5) is 24.0. The summed E-state index contributed by atoms with van der Waals surface area (Å²) in [6.45, 7) is 2.91. The number of carbonyl (C=O) groups is 2.